The van der Waals surface area contributed by atoms with Crippen LogP contribution < -0.4 is 4.74 Å². The van der Waals surface area contributed by atoms with Crippen LogP contribution in [0.3, 0.4) is 0 Å². The van der Waals surface area contributed by atoms with Crippen molar-refractivity contribution in [3.63, 3.8) is 0 Å². The third-order valence-electron chi connectivity index (χ3n) is 5.26. The number of halogens is 2. The molecule has 5 rings (SSSR count). The average molecular weight is 385 g/mol. The van der Waals surface area contributed by atoms with Crippen molar-refractivity contribution < 1.29 is 9.53 Å². The molecular weight excluding hydrogens is 371 g/mol. The molecule has 0 spiro atoms. The molecule has 2 aliphatic rings. The maximum absolute atomic E-state index is 12.5. The van der Waals surface area contributed by atoms with E-state index in [0.717, 1.165) is 28.8 Å². The molecule has 2 unspecified atom stereocenters. The Morgan fingerprint density at radius 2 is 1.69 bits per heavy atom. The maximum Gasteiger partial charge on any atom is 0.343 e. The fraction of sp³-hybridized carbons (Fsp3) is 0.250. The van der Waals surface area contributed by atoms with Gasteiger partial charge in [0.25, 0.3) is 0 Å². The van der Waals surface area contributed by atoms with E-state index in [4.69, 9.17) is 37.9 Å². The minimum absolute atomic E-state index is 0.276. The summed E-state index contributed by atoms with van der Waals surface area (Å²) >= 11 is 11.9. The van der Waals surface area contributed by atoms with Gasteiger partial charge in [-0.25, -0.2) is 14.8 Å². The lowest BCUT2D eigenvalue weighted by molar-refractivity contribution is 0.0735. The second kappa shape index (κ2) is 5.93. The van der Waals surface area contributed by atoms with E-state index in [1.54, 1.807) is 24.3 Å². The highest BCUT2D eigenvalue weighted by molar-refractivity contribution is 6.35. The van der Waals surface area contributed by atoms with Gasteiger partial charge in [0.2, 0.25) is 0 Å². The van der Waals surface area contributed by atoms with E-state index >= 15 is 0 Å². The summed E-state index contributed by atoms with van der Waals surface area (Å²) in [4.78, 5) is 22.1. The van der Waals surface area contributed by atoms with Gasteiger partial charge in [0, 0.05) is 16.9 Å². The number of esters is 1. The number of carbonyl (C=O) groups is 1. The molecule has 3 aromatic rings. The Bertz CT molecular complexity index is 1070. The molecule has 1 aromatic heterocycles. The number of ether oxygens (including phenoxy) is 1. The Kier molecular flexibility index (Phi) is 3.66. The van der Waals surface area contributed by atoms with Gasteiger partial charge in [0.05, 0.1) is 33.0 Å². The van der Waals surface area contributed by atoms with Gasteiger partial charge in [0.1, 0.15) is 5.75 Å². The van der Waals surface area contributed by atoms with Crippen LogP contribution >= 0.6 is 23.2 Å². The maximum atomic E-state index is 12.5. The quantitative estimate of drug-likeness (QED) is 0.431. The Hall–Kier alpha value is -2.17. The summed E-state index contributed by atoms with van der Waals surface area (Å²) in [5.41, 5.74) is 4.23. The average Bonchev–Trinajstić information content (AvgIpc) is 3.24. The SMILES string of the molecule is O=C(Oc1ccc(Cl)cc1Cl)c1ccc2nc3c(nc2c1)C1CCC3C1. The molecule has 2 atom stereocenters. The molecule has 0 amide bonds. The number of carbonyl (C=O) groups excluding carboxylic acids is 1. The Morgan fingerprint density at radius 3 is 2.42 bits per heavy atom. The highest BCUT2D eigenvalue weighted by Crippen LogP contribution is 2.51. The first-order valence-electron chi connectivity index (χ1n) is 8.57. The van der Waals surface area contributed by atoms with Crippen LogP contribution in [0.2, 0.25) is 10.0 Å². The molecule has 0 N–H and O–H groups in total. The number of fused-ring (bicyclic) bond motifs is 6. The van der Waals surface area contributed by atoms with Gasteiger partial charge in [-0.05, 0) is 55.7 Å². The fourth-order valence-corrected chi connectivity index (χ4v) is 4.45. The van der Waals surface area contributed by atoms with Crippen LogP contribution in [0.1, 0.15) is 52.8 Å². The van der Waals surface area contributed by atoms with E-state index in [-0.39, 0.29) is 5.75 Å². The largest absolute Gasteiger partial charge is 0.421 e. The predicted molar refractivity (Wildman–Crippen MR) is 100 cm³/mol. The first kappa shape index (κ1) is 16.0. The van der Waals surface area contributed by atoms with Crippen LogP contribution in [0, 0.1) is 0 Å². The smallest absolute Gasteiger partial charge is 0.343 e. The third kappa shape index (κ3) is 2.56. The monoisotopic (exact) mass is 384 g/mol. The van der Waals surface area contributed by atoms with Crippen LogP contribution in [0.25, 0.3) is 11.0 Å². The van der Waals surface area contributed by atoms with Crippen molar-refractivity contribution in [2.75, 3.05) is 0 Å². The summed E-state index contributed by atoms with van der Waals surface area (Å²) in [7, 11) is 0. The zero-order valence-electron chi connectivity index (χ0n) is 13.7. The van der Waals surface area contributed by atoms with Gasteiger partial charge in [-0.3, -0.25) is 0 Å². The summed E-state index contributed by atoms with van der Waals surface area (Å²) in [5, 5.41) is 0.777. The van der Waals surface area contributed by atoms with Crippen molar-refractivity contribution in [2.24, 2.45) is 0 Å². The van der Waals surface area contributed by atoms with Crippen LogP contribution in [0.5, 0.6) is 5.75 Å². The van der Waals surface area contributed by atoms with E-state index in [9.17, 15) is 4.79 Å². The molecule has 0 saturated heterocycles. The van der Waals surface area contributed by atoms with Crippen LogP contribution in [-0.4, -0.2) is 15.9 Å². The summed E-state index contributed by atoms with van der Waals surface area (Å²) in [6.45, 7) is 0. The Balaban J connectivity index is 1.48. The lowest BCUT2D eigenvalue weighted by atomic mass is 10.00. The standard InChI is InChI=1S/C20H14Cl2N2O2/c21-13-4-6-17(14(22)9-13)26-20(25)12-3-5-15-16(8-12)24-19-11-2-1-10(7-11)18(19)23-15/h3-6,8-11H,1-2,7H2. The molecule has 1 saturated carbocycles. The van der Waals surface area contributed by atoms with E-state index in [2.05, 4.69) is 0 Å². The molecule has 2 aromatic carbocycles. The highest BCUT2D eigenvalue weighted by Gasteiger charge is 2.39. The summed E-state index contributed by atoms with van der Waals surface area (Å²) < 4.78 is 5.40. The first-order chi connectivity index (χ1) is 12.6. The molecule has 2 bridgehead atoms. The van der Waals surface area contributed by atoms with Gasteiger partial charge >= 0.3 is 5.97 Å². The van der Waals surface area contributed by atoms with Crippen molar-refractivity contribution in [1.29, 1.82) is 0 Å². The van der Waals surface area contributed by atoms with Gasteiger partial charge in [-0.15, -0.1) is 0 Å². The van der Waals surface area contributed by atoms with E-state index in [0.29, 0.717) is 27.4 Å². The zero-order chi connectivity index (χ0) is 17.8. The Labute approximate surface area is 160 Å². The van der Waals surface area contributed by atoms with Crippen molar-refractivity contribution in [2.45, 2.75) is 31.1 Å². The Morgan fingerprint density at radius 1 is 0.962 bits per heavy atom. The van der Waals surface area contributed by atoms with E-state index in [1.165, 1.54) is 18.9 Å². The lowest BCUT2D eigenvalue weighted by Crippen LogP contribution is -2.10. The zero-order valence-corrected chi connectivity index (χ0v) is 15.2. The first-order valence-corrected chi connectivity index (χ1v) is 9.33. The second-order valence-electron chi connectivity index (χ2n) is 6.87. The van der Waals surface area contributed by atoms with Crippen molar-refractivity contribution in [1.82, 2.24) is 9.97 Å². The van der Waals surface area contributed by atoms with Gasteiger partial charge < -0.3 is 4.74 Å². The topological polar surface area (TPSA) is 52.1 Å². The summed E-state index contributed by atoms with van der Waals surface area (Å²) in [5.74, 6) is 0.873. The third-order valence-corrected chi connectivity index (χ3v) is 5.79. The molecule has 0 aliphatic heterocycles. The normalized spacial score (nSPS) is 20.4. The minimum atomic E-state index is -0.486. The van der Waals surface area contributed by atoms with Crippen LogP contribution in [-0.2, 0) is 0 Å². The van der Waals surface area contributed by atoms with Crippen LogP contribution in [0.15, 0.2) is 36.4 Å². The minimum Gasteiger partial charge on any atom is -0.421 e. The van der Waals surface area contributed by atoms with Gasteiger partial charge in [0.15, 0.2) is 0 Å². The summed E-state index contributed by atoms with van der Waals surface area (Å²) in [6.07, 6.45) is 3.56. The number of hydrogen-bond donors (Lipinski definition) is 0. The van der Waals surface area contributed by atoms with Crippen molar-refractivity contribution >= 4 is 40.2 Å². The molecule has 1 fully saturated rings. The van der Waals surface area contributed by atoms with Gasteiger partial charge in [-0.2, -0.15) is 0 Å². The van der Waals surface area contributed by atoms with E-state index < -0.39 is 5.97 Å². The lowest BCUT2D eigenvalue weighted by Gasteiger charge is -2.14. The fourth-order valence-electron chi connectivity index (χ4n) is 4.00. The molecule has 2 aliphatic carbocycles. The number of nitrogens with zero attached hydrogens (tertiary/aromatic N) is 2. The number of rotatable bonds is 2. The number of benzene rings is 2. The van der Waals surface area contributed by atoms with Crippen molar-refractivity contribution in [3.05, 3.63) is 63.4 Å². The molecular formula is C20H14Cl2N2O2. The van der Waals surface area contributed by atoms with Gasteiger partial charge in [-0.1, -0.05) is 23.2 Å². The predicted octanol–water partition coefficient (Wildman–Crippen LogP) is 5.52. The van der Waals surface area contributed by atoms with E-state index in [1.807, 2.05) is 6.07 Å². The van der Waals surface area contributed by atoms with Crippen LogP contribution in [0.4, 0.5) is 0 Å². The molecule has 4 nitrogen and oxygen atoms in total. The molecule has 0 radical (unpaired) electrons. The highest BCUT2D eigenvalue weighted by atomic mass is 35.5. The number of aromatic nitrogens is 2. The molecule has 130 valence electrons. The number of hydrogen-bond acceptors (Lipinski definition) is 4. The van der Waals surface area contributed by atoms with Crippen molar-refractivity contribution in [3.8, 4) is 5.75 Å². The summed E-state index contributed by atoms with van der Waals surface area (Å²) in [6, 6.07) is 10.0. The molecule has 1 heterocycles. The molecule has 26 heavy (non-hydrogen) atoms. The molecule has 6 heteroatoms. The second-order valence-corrected chi connectivity index (χ2v) is 7.71.